The van der Waals surface area contributed by atoms with Crippen LogP contribution in [0.4, 0.5) is 10.5 Å². The molecule has 0 aliphatic rings. The van der Waals surface area contributed by atoms with Gasteiger partial charge in [0.2, 0.25) is 5.52 Å². The van der Waals surface area contributed by atoms with E-state index in [2.05, 4.69) is 16.8 Å². The topological polar surface area (TPSA) is 71.8 Å². The molecule has 7 nitrogen and oxygen atoms in total. The van der Waals surface area contributed by atoms with Gasteiger partial charge in [0.15, 0.2) is 6.20 Å². The zero-order valence-corrected chi connectivity index (χ0v) is 22.5. The van der Waals surface area contributed by atoms with Crippen LogP contribution in [0.25, 0.3) is 21.7 Å². The highest BCUT2D eigenvalue weighted by Crippen LogP contribution is 2.25. The number of anilines is 1. The predicted octanol–water partition coefficient (Wildman–Crippen LogP) is 5.75. The lowest BCUT2D eigenvalue weighted by Crippen LogP contribution is -2.41. The van der Waals surface area contributed by atoms with Crippen LogP contribution in [0.1, 0.15) is 17.3 Å². The summed E-state index contributed by atoms with van der Waals surface area (Å²) in [5.41, 5.74) is 2.40. The number of alkyl carbamates (subject to hydrolysis) is 1. The maximum Gasteiger partial charge on any atom is 0.407 e. The first-order chi connectivity index (χ1) is 19.6. The maximum atomic E-state index is 13.7. The van der Waals surface area contributed by atoms with Crippen molar-refractivity contribution in [3.05, 3.63) is 115 Å². The monoisotopic (exact) mass is 534 g/mol. The molecule has 1 N–H and O–H groups in total. The summed E-state index contributed by atoms with van der Waals surface area (Å²) < 4.78 is 13.2. The zero-order chi connectivity index (χ0) is 27.7. The number of hydrogen-bond donors (Lipinski definition) is 1. The summed E-state index contributed by atoms with van der Waals surface area (Å²) in [5.74, 6) is 0.606. The largest absolute Gasteiger partial charge is 0.489 e. The van der Waals surface area contributed by atoms with Crippen LogP contribution in [0, 0.1) is 0 Å². The lowest BCUT2D eigenvalue weighted by atomic mass is 10.1. The Hall–Kier alpha value is -4.91. The number of para-hydroxylation sites is 2. The van der Waals surface area contributed by atoms with Crippen molar-refractivity contribution in [3.63, 3.8) is 0 Å². The molecule has 4 aromatic carbocycles. The van der Waals surface area contributed by atoms with E-state index in [-0.39, 0.29) is 32.2 Å². The molecular formula is C33H32N3O4+. The van der Waals surface area contributed by atoms with E-state index in [1.165, 1.54) is 0 Å². The van der Waals surface area contributed by atoms with Gasteiger partial charge in [-0.1, -0.05) is 66.7 Å². The molecule has 0 aliphatic heterocycles. The van der Waals surface area contributed by atoms with Crippen molar-refractivity contribution in [2.45, 2.75) is 13.5 Å². The summed E-state index contributed by atoms with van der Waals surface area (Å²) in [7, 11) is 0. The number of aryl methyl sites for hydroxylation is 1. The van der Waals surface area contributed by atoms with Gasteiger partial charge in [-0.15, -0.1) is 0 Å². The van der Waals surface area contributed by atoms with Gasteiger partial charge in [0.25, 0.3) is 5.91 Å². The van der Waals surface area contributed by atoms with Crippen molar-refractivity contribution in [1.29, 1.82) is 0 Å². The van der Waals surface area contributed by atoms with Gasteiger partial charge < -0.3 is 19.7 Å². The van der Waals surface area contributed by atoms with E-state index >= 15 is 0 Å². The summed E-state index contributed by atoms with van der Waals surface area (Å²) in [6.07, 6.45) is 1.33. The highest BCUT2D eigenvalue weighted by molar-refractivity contribution is 6.07. The van der Waals surface area contributed by atoms with Gasteiger partial charge in [-0.05, 0) is 42.6 Å². The molecule has 1 aromatic heterocycles. The molecular weight excluding hydrogens is 502 g/mol. The van der Waals surface area contributed by atoms with E-state index in [4.69, 9.17) is 9.47 Å². The molecule has 40 heavy (non-hydrogen) atoms. The number of aromatic nitrogens is 1. The Kier molecular flexibility index (Phi) is 8.51. The number of ether oxygens (including phenoxy) is 2. The molecule has 0 radical (unpaired) electrons. The number of amides is 2. The molecule has 0 bridgehead atoms. The fraction of sp³-hybridized carbons (Fsp3) is 0.182. The van der Waals surface area contributed by atoms with E-state index in [0.29, 0.717) is 5.56 Å². The molecule has 0 saturated carbocycles. The Morgan fingerprint density at radius 1 is 0.825 bits per heavy atom. The van der Waals surface area contributed by atoms with Crippen LogP contribution in [-0.4, -0.2) is 38.3 Å². The molecule has 5 rings (SSSR count). The second-order valence-electron chi connectivity index (χ2n) is 9.25. The second-order valence-corrected chi connectivity index (χ2v) is 9.25. The van der Waals surface area contributed by atoms with Crippen LogP contribution < -0.4 is 19.5 Å². The average molecular weight is 535 g/mol. The minimum Gasteiger partial charge on any atom is -0.489 e. The number of fused-ring (bicyclic) bond motifs is 2. The van der Waals surface area contributed by atoms with Crippen molar-refractivity contribution in [2.75, 3.05) is 31.2 Å². The van der Waals surface area contributed by atoms with Crippen molar-refractivity contribution in [2.24, 2.45) is 0 Å². The lowest BCUT2D eigenvalue weighted by molar-refractivity contribution is -0.667. The molecule has 0 unspecified atom stereocenters. The third kappa shape index (κ3) is 6.21. The van der Waals surface area contributed by atoms with Gasteiger partial charge >= 0.3 is 6.09 Å². The van der Waals surface area contributed by atoms with E-state index in [1.807, 2.05) is 109 Å². The van der Waals surface area contributed by atoms with Crippen LogP contribution in [-0.2, 0) is 11.3 Å². The van der Waals surface area contributed by atoms with Crippen LogP contribution in [0.15, 0.2) is 109 Å². The number of carbonyl (C=O) groups excluding carboxylic acids is 2. The highest BCUT2D eigenvalue weighted by atomic mass is 16.6. The standard InChI is InChI=1S/C33H31N3O4/c1-2-35-24-27(23-26-12-7-9-17-30(26)35)32(37)36(28-14-4-3-5-15-28)20-19-34-33(38)40-22-21-39-31-18-10-13-25-11-6-8-16-29(25)31/h3-18,23-24H,2,19-22H2,1H3/p+1. The van der Waals surface area contributed by atoms with Crippen LogP contribution in [0.2, 0.25) is 0 Å². The van der Waals surface area contributed by atoms with E-state index in [0.717, 1.165) is 39.7 Å². The van der Waals surface area contributed by atoms with E-state index < -0.39 is 6.09 Å². The molecule has 0 aliphatic carbocycles. The quantitative estimate of drug-likeness (QED) is 0.183. The Morgan fingerprint density at radius 3 is 2.38 bits per heavy atom. The molecule has 5 aromatic rings. The molecule has 0 spiro atoms. The SMILES string of the molecule is CC[n+]1cc(C(=O)N(CCNC(=O)OCCOc2cccc3ccccc23)c2ccccc2)cc2ccccc21. The van der Waals surface area contributed by atoms with Crippen molar-refractivity contribution < 1.29 is 23.6 Å². The summed E-state index contributed by atoms with van der Waals surface area (Å²) in [5, 5.41) is 5.85. The molecule has 1 heterocycles. The summed E-state index contributed by atoms with van der Waals surface area (Å²) in [6.45, 7) is 3.64. The fourth-order valence-corrected chi connectivity index (χ4v) is 4.73. The number of nitrogens with one attached hydrogen (secondary N) is 1. The highest BCUT2D eigenvalue weighted by Gasteiger charge is 2.22. The smallest absolute Gasteiger partial charge is 0.407 e. The van der Waals surface area contributed by atoms with Crippen molar-refractivity contribution in [3.8, 4) is 5.75 Å². The Labute approximate surface area is 233 Å². The van der Waals surface area contributed by atoms with Crippen LogP contribution in [0.3, 0.4) is 0 Å². The Balaban J connectivity index is 1.19. The van der Waals surface area contributed by atoms with Gasteiger partial charge in [-0.3, -0.25) is 4.79 Å². The molecule has 2 amide bonds. The number of hydrogen-bond acceptors (Lipinski definition) is 4. The first-order valence-electron chi connectivity index (χ1n) is 13.4. The second kappa shape index (κ2) is 12.8. The molecule has 202 valence electrons. The van der Waals surface area contributed by atoms with E-state index in [1.54, 1.807) is 4.90 Å². The van der Waals surface area contributed by atoms with Gasteiger partial charge in [0.1, 0.15) is 31.1 Å². The minimum atomic E-state index is -0.559. The van der Waals surface area contributed by atoms with Gasteiger partial charge in [0.05, 0.1) is 0 Å². The molecule has 7 heteroatoms. The van der Waals surface area contributed by atoms with Crippen LogP contribution >= 0.6 is 0 Å². The summed E-state index contributed by atoms with van der Waals surface area (Å²) in [4.78, 5) is 27.8. The first kappa shape index (κ1) is 26.7. The van der Waals surface area contributed by atoms with Crippen LogP contribution in [0.5, 0.6) is 5.75 Å². The van der Waals surface area contributed by atoms with Gasteiger partial charge in [-0.25, -0.2) is 4.79 Å². The molecule has 0 fully saturated rings. The maximum absolute atomic E-state index is 13.7. The Bertz CT molecular complexity index is 1620. The predicted molar refractivity (Wildman–Crippen MR) is 157 cm³/mol. The summed E-state index contributed by atoms with van der Waals surface area (Å²) >= 11 is 0. The Morgan fingerprint density at radius 2 is 1.55 bits per heavy atom. The van der Waals surface area contributed by atoms with Crippen molar-refractivity contribution in [1.82, 2.24) is 5.32 Å². The number of nitrogens with zero attached hydrogens (tertiary/aromatic N) is 2. The third-order valence-corrected chi connectivity index (χ3v) is 6.68. The lowest BCUT2D eigenvalue weighted by Gasteiger charge is -2.23. The molecule has 0 atom stereocenters. The number of benzene rings is 4. The third-order valence-electron chi connectivity index (χ3n) is 6.68. The normalized spacial score (nSPS) is 10.8. The fourth-order valence-electron chi connectivity index (χ4n) is 4.73. The molecule has 0 saturated heterocycles. The summed E-state index contributed by atoms with van der Waals surface area (Å²) in [6, 6.07) is 33.2. The average Bonchev–Trinajstić information content (AvgIpc) is 3.01. The number of carbonyl (C=O) groups is 2. The minimum absolute atomic E-state index is 0.102. The van der Waals surface area contributed by atoms with Crippen molar-refractivity contribution >= 4 is 39.4 Å². The number of pyridine rings is 1. The van der Waals surface area contributed by atoms with E-state index in [9.17, 15) is 9.59 Å². The zero-order valence-electron chi connectivity index (χ0n) is 22.5. The number of rotatable bonds is 10. The first-order valence-corrected chi connectivity index (χ1v) is 13.4. The van der Waals surface area contributed by atoms with Gasteiger partial charge in [0, 0.05) is 35.6 Å². The van der Waals surface area contributed by atoms with Gasteiger partial charge in [-0.2, -0.15) is 4.57 Å².